The Morgan fingerprint density at radius 3 is 2.50 bits per heavy atom. The molecular weight excluding hydrogens is 274 g/mol. The summed E-state index contributed by atoms with van der Waals surface area (Å²) in [6.45, 7) is 4.61. The summed E-state index contributed by atoms with van der Waals surface area (Å²) in [5.74, 6) is 0.769. The Morgan fingerprint density at radius 2 is 1.91 bits per heavy atom. The number of nitrogens with zero attached hydrogens (tertiary/aromatic N) is 2. The Kier molecular flexibility index (Phi) is 4.86. The Labute approximate surface area is 133 Å². The van der Waals surface area contributed by atoms with E-state index in [1.165, 1.54) is 43.4 Å². The van der Waals surface area contributed by atoms with E-state index in [2.05, 4.69) is 41.1 Å². The summed E-state index contributed by atoms with van der Waals surface area (Å²) in [6.07, 6.45) is 6.88. The summed E-state index contributed by atoms with van der Waals surface area (Å²) in [5.41, 5.74) is 8.36. The van der Waals surface area contributed by atoms with Crippen LogP contribution < -0.4 is 10.6 Å². The second kappa shape index (κ2) is 7.03. The van der Waals surface area contributed by atoms with Gasteiger partial charge in [0.05, 0.1) is 0 Å². The average Bonchev–Trinajstić information content (AvgIpc) is 2.99. The van der Waals surface area contributed by atoms with Crippen molar-refractivity contribution in [2.45, 2.75) is 51.0 Å². The van der Waals surface area contributed by atoms with Gasteiger partial charge in [0.2, 0.25) is 0 Å². The largest absolute Gasteiger partial charge is 0.463 e. The highest BCUT2D eigenvalue weighted by Gasteiger charge is 2.20. The number of hydrogen-bond donors (Lipinski definition) is 1. The highest BCUT2D eigenvalue weighted by atomic mass is 16.5. The molecule has 0 bridgehead atoms. The van der Waals surface area contributed by atoms with Crippen molar-refractivity contribution in [2.75, 3.05) is 24.6 Å². The SMILES string of the molecule is CCN(C[C@H]1COC(N)=N1)c1ccc(C2CCCCC2)cc1. The molecule has 4 heteroatoms. The van der Waals surface area contributed by atoms with Crippen molar-refractivity contribution in [2.24, 2.45) is 10.7 Å². The van der Waals surface area contributed by atoms with E-state index in [1.807, 2.05) is 0 Å². The van der Waals surface area contributed by atoms with E-state index in [1.54, 1.807) is 0 Å². The predicted molar refractivity (Wildman–Crippen MR) is 91.5 cm³/mol. The predicted octanol–water partition coefficient (Wildman–Crippen LogP) is 3.27. The molecule has 3 rings (SSSR count). The van der Waals surface area contributed by atoms with Gasteiger partial charge in [-0.2, -0.15) is 0 Å². The second-order valence-corrected chi connectivity index (χ2v) is 6.40. The van der Waals surface area contributed by atoms with E-state index in [-0.39, 0.29) is 6.04 Å². The van der Waals surface area contributed by atoms with Crippen LogP contribution in [0.4, 0.5) is 5.69 Å². The third-order valence-corrected chi connectivity index (χ3v) is 4.88. The smallest absolute Gasteiger partial charge is 0.282 e. The fourth-order valence-electron chi connectivity index (χ4n) is 3.59. The van der Waals surface area contributed by atoms with E-state index in [0.717, 1.165) is 19.0 Å². The minimum atomic E-state index is 0.151. The third kappa shape index (κ3) is 3.54. The van der Waals surface area contributed by atoms with Gasteiger partial charge in [-0.3, -0.25) is 0 Å². The van der Waals surface area contributed by atoms with Crippen molar-refractivity contribution in [3.05, 3.63) is 29.8 Å². The number of amidine groups is 1. The first-order valence-corrected chi connectivity index (χ1v) is 8.57. The average molecular weight is 301 g/mol. The van der Waals surface area contributed by atoms with Crippen LogP contribution in [0.3, 0.4) is 0 Å². The van der Waals surface area contributed by atoms with Crippen LogP contribution in [0.15, 0.2) is 29.3 Å². The molecule has 4 nitrogen and oxygen atoms in total. The number of hydrogen-bond acceptors (Lipinski definition) is 4. The molecule has 1 aromatic rings. The molecule has 1 heterocycles. The standard InChI is InChI=1S/C18H27N3O/c1-2-21(12-16-13-22-18(19)20-16)17-10-8-15(9-11-17)14-6-4-3-5-7-14/h8-11,14,16H,2-7,12-13H2,1H3,(H2,19,20)/t16-/m0/s1. The monoisotopic (exact) mass is 301 g/mol. The summed E-state index contributed by atoms with van der Waals surface area (Å²) in [5, 5.41) is 0. The maximum atomic E-state index is 5.59. The quantitative estimate of drug-likeness (QED) is 0.908. The molecule has 0 amide bonds. The highest BCUT2D eigenvalue weighted by Crippen LogP contribution is 2.33. The fraction of sp³-hybridized carbons (Fsp3) is 0.611. The molecule has 0 aromatic heterocycles. The number of likely N-dealkylation sites (N-methyl/N-ethyl adjacent to an activating group) is 1. The molecule has 0 spiro atoms. The summed E-state index contributed by atoms with van der Waals surface area (Å²) < 4.78 is 5.25. The normalized spacial score (nSPS) is 22.2. The molecule has 1 aliphatic carbocycles. The maximum Gasteiger partial charge on any atom is 0.282 e. The van der Waals surface area contributed by atoms with Crippen molar-refractivity contribution in [1.82, 2.24) is 0 Å². The highest BCUT2D eigenvalue weighted by molar-refractivity contribution is 5.73. The van der Waals surface area contributed by atoms with E-state index >= 15 is 0 Å². The van der Waals surface area contributed by atoms with Gasteiger partial charge < -0.3 is 15.4 Å². The second-order valence-electron chi connectivity index (χ2n) is 6.40. The van der Waals surface area contributed by atoms with Gasteiger partial charge in [-0.25, -0.2) is 4.99 Å². The van der Waals surface area contributed by atoms with Gasteiger partial charge >= 0.3 is 0 Å². The molecule has 2 N–H and O–H groups in total. The molecule has 1 fully saturated rings. The molecule has 0 radical (unpaired) electrons. The molecule has 1 aromatic carbocycles. The first-order valence-electron chi connectivity index (χ1n) is 8.57. The molecular formula is C18H27N3O. The van der Waals surface area contributed by atoms with Gasteiger partial charge in [0, 0.05) is 18.8 Å². The molecule has 0 unspecified atom stereocenters. The minimum Gasteiger partial charge on any atom is -0.463 e. The zero-order valence-corrected chi connectivity index (χ0v) is 13.5. The number of benzene rings is 1. The van der Waals surface area contributed by atoms with Crippen molar-refractivity contribution >= 4 is 11.7 Å². The lowest BCUT2D eigenvalue weighted by atomic mass is 9.84. The topological polar surface area (TPSA) is 50.9 Å². The van der Waals surface area contributed by atoms with Crippen LogP contribution in [-0.4, -0.2) is 31.8 Å². The third-order valence-electron chi connectivity index (χ3n) is 4.88. The number of nitrogens with two attached hydrogens (primary N) is 1. The Hall–Kier alpha value is -1.71. The molecule has 2 aliphatic rings. The Bertz CT molecular complexity index is 506. The van der Waals surface area contributed by atoms with Crippen LogP contribution in [0.1, 0.15) is 50.5 Å². The van der Waals surface area contributed by atoms with Gasteiger partial charge in [-0.05, 0) is 43.4 Å². The first kappa shape index (κ1) is 15.2. The molecule has 1 aliphatic heterocycles. The van der Waals surface area contributed by atoms with Gasteiger partial charge in [0.15, 0.2) is 0 Å². The first-order chi connectivity index (χ1) is 10.8. The maximum absolute atomic E-state index is 5.59. The van der Waals surface area contributed by atoms with Crippen LogP contribution in [-0.2, 0) is 4.74 Å². The number of anilines is 1. The van der Waals surface area contributed by atoms with Crippen molar-refractivity contribution in [3.63, 3.8) is 0 Å². The number of aliphatic imine (C=N–C) groups is 1. The van der Waals surface area contributed by atoms with E-state index < -0.39 is 0 Å². The van der Waals surface area contributed by atoms with Gasteiger partial charge in [0.25, 0.3) is 6.02 Å². The van der Waals surface area contributed by atoms with Crippen LogP contribution in [0, 0.1) is 0 Å². The lowest BCUT2D eigenvalue weighted by Crippen LogP contribution is -2.32. The molecule has 0 saturated heterocycles. The lowest BCUT2D eigenvalue weighted by molar-refractivity contribution is 0.313. The van der Waals surface area contributed by atoms with E-state index in [4.69, 9.17) is 10.5 Å². The summed E-state index contributed by atoms with van der Waals surface area (Å²) in [6, 6.07) is 9.63. The van der Waals surface area contributed by atoms with Gasteiger partial charge in [-0.15, -0.1) is 0 Å². The zero-order chi connectivity index (χ0) is 15.4. The van der Waals surface area contributed by atoms with Gasteiger partial charge in [-0.1, -0.05) is 31.4 Å². The molecule has 120 valence electrons. The van der Waals surface area contributed by atoms with Crippen LogP contribution in [0.5, 0.6) is 0 Å². The Morgan fingerprint density at radius 1 is 1.18 bits per heavy atom. The number of rotatable bonds is 5. The lowest BCUT2D eigenvalue weighted by Gasteiger charge is -2.26. The molecule has 1 saturated carbocycles. The van der Waals surface area contributed by atoms with E-state index in [9.17, 15) is 0 Å². The minimum absolute atomic E-state index is 0.151. The van der Waals surface area contributed by atoms with Crippen molar-refractivity contribution in [3.8, 4) is 0 Å². The zero-order valence-electron chi connectivity index (χ0n) is 13.5. The van der Waals surface area contributed by atoms with Gasteiger partial charge in [0.1, 0.15) is 12.6 Å². The van der Waals surface area contributed by atoms with Crippen molar-refractivity contribution in [1.29, 1.82) is 0 Å². The van der Waals surface area contributed by atoms with Crippen molar-refractivity contribution < 1.29 is 4.74 Å². The van der Waals surface area contributed by atoms with E-state index in [0.29, 0.717) is 12.6 Å². The number of ether oxygens (including phenoxy) is 1. The summed E-state index contributed by atoms with van der Waals surface area (Å²) in [4.78, 5) is 6.67. The molecule has 22 heavy (non-hydrogen) atoms. The van der Waals surface area contributed by atoms with Crippen LogP contribution in [0.2, 0.25) is 0 Å². The van der Waals surface area contributed by atoms with Crippen LogP contribution >= 0.6 is 0 Å². The summed E-state index contributed by atoms with van der Waals surface area (Å²) >= 11 is 0. The summed E-state index contributed by atoms with van der Waals surface area (Å²) in [7, 11) is 0. The Balaban J connectivity index is 1.64. The molecule has 1 atom stereocenters. The fourth-order valence-corrected chi connectivity index (χ4v) is 3.59. The van der Waals surface area contributed by atoms with Crippen LogP contribution in [0.25, 0.3) is 0 Å².